The van der Waals surface area contributed by atoms with Crippen LogP contribution < -0.4 is 5.32 Å². The molecule has 0 unspecified atom stereocenters. The van der Waals surface area contributed by atoms with Crippen LogP contribution >= 0.6 is 11.6 Å². The van der Waals surface area contributed by atoms with E-state index in [-0.39, 0.29) is 16.5 Å². The van der Waals surface area contributed by atoms with Crippen molar-refractivity contribution in [2.45, 2.75) is 32.3 Å². The molecule has 0 radical (unpaired) electrons. The van der Waals surface area contributed by atoms with Gasteiger partial charge in [-0.2, -0.15) is 0 Å². The van der Waals surface area contributed by atoms with Gasteiger partial charge in [0.1, 0.15) is 11.4 Å². The number of amides is 1. The second-order valence-electron chi connectivity index (χ2n) is 5.91. The summed E-state index contributed by atoms with van der Waals surface area (Å²) in [7, 11) is 0. The van der Waals surface area contributed by atoms with Crippen LogP contribution in [0, 0.1) is 5.82 Å². The summed E-state index contributed by atoms with van der Waals surface area (Å²) in [4.78, 5) is 24.3. The maximum atomic E-state index is 13.8. The normalized spacial score (nSPS) is 12.9. The summed E-state index contributed by atoms with van der Waals surface area (Å²) in [6, 6.07) is 13.7. The van der Waals surface area contributed by atoms with E-state index in [9.17, 15) is 14.0 Å². The van der Waals surface area contributed by atoms with Gasteiger partial charge in [0.15, 0.2) is 6.10 Å². The number of nitrogens with one attached hydrogen (secondary N) is 1. The fourth-order valence-corrected chi connectivity index (χ4v) is 2.80. The van der Waals surface area contributed by atoms with Gasteiger partial charge >= 0.3 is 5.97 Å². The van der Waals surface area contributed by atoms with Crippen molar-refractivity contribution in [1.29, 1.82) is 0 Å². The zero-order valence-corrected chi connectivity index (χ0v) is 15.4. The molecule has 1 N–H and O–H groups in total. The molecule has 2 rings (SSSR count). The number of hydrogen-bond acceptors (Lipinski definition) is 3. The first kappa shape index (κ1) is 19.9. The molecular weight excluding hydrogens is 357 g/mol. The number of halogens is 2. The van der Waals surface area contributed by atoms with E-state index in [1.54, 1.807) is 0 Å². The molecule has 4 nitrogen and oxygen atoms in total. The van der Waals surface area contributed by atoms with Gasteiger partial charge in [0, 0.05) is 12.5 Å². The van der Waals surface area contributed by atoms with Crippen LogP contribution in [0.1, 0.15) is 42.1 Å². The summed E-state index contributed by atoms with van der Waals surface area (Å²) < 4.78 is 18.8. The summed E-state index contributed by atoms with van der Waals surface area (Å²) in [5, 5.41) is 2.72. The summed E-state index contributed by atoms with van der Waals surface area (Å²) in [5.74, 6) is -2.04. The first-order valence-electron chi connectivity index (χ1n) is 8.41. The van der Waals surface area contributed by atoms with Crippen LogP contribution in [0.4, 0.5) is 4.39 Å². The Bertz CT molecular complexity index is 747. The zero-order valence-electron chi connectivity index (χ0n) is 14.7. The van der Waals surface area contributed by atoms with Crippen LogP contribution in [0.25, 0.3) is 0 Å². The van der Waals surface area contributed by atoms with Gasteiger partial charge in [0.05, 0.1) is 5.02 Å². The third-order valence-corrected chi connectivity index (χ3v) is 4.42. The Morgan fingerprint density at radius 2 is 1.85 bits per heavy atom. The van der Waals surface area contributed by atoms with Crippen LogP contribution in [0.5, 0.6) is 0 Å². The molecule has 138 valence electrons. The number of rotatable bonds is 7. The molecule has 0 bridgehead atoms. The molecule has 0 spiro atoms. The van der Waals surface area contributed by atoms with Gasteiger partial charge in [-0.1, -0.05) is 54.9 Å². The van der Waals surface area contributed by atoms with E-state index in [4.69, 9.17) is 16.3 Å². The fourth-order valence-electron chi connectivity index (χ4n) is 2.56. The minimum Gasteiger partial charge on any atom is -0.449 e. The maximum absolute atomic E-state index is 13.8. The van der Waals surface area contributed by atoms with E-state index in [0.29, 0.717) is 6.54 Å². The Kier molecular flexibility index (Phi) is 7.16. The lowest BCUT2D eigenvalue weighted by Crippen LogP contribution is -2.38. The highest BCUT2D eigenvalue weighted by Crippen LogP contribution is 2.21. The number of esters is 1. The van der Waals surface area contributed by atoms with Gasteiger partial charge in [-0.15, -0.1) is 0 Å². The van der Waals surface area contributed by atoms with Gasteiger partial charge in [0.2, 0.25) is 0 Å². The number of ether oxygens (including phenoxy) is 1. The number of carbonyl (C=O) groups excluding carboxylic acids is 2. The standard InChI is InChI=1S/C20H21ClFNO3/c1-3-14(15-8-5-4-6-9-15)12-23-19(24)13(2)26-20(25)18-16(21)10-7-11-17(18)22/h4-11,13-14H,3,12H2,1-2H3,(H,23,24)/t13-,14-/m0/s1. The third kappa shape index (κ3) is 5.05. The van der Waals surface area contributed by atoms with Crippen molar-refractivity contribution in [2.75, 3.05) is 6.54 Å². The lowest BCUT2D eigenvalue weighted by Gasteiger charge is -2.19. The van der Waals surface area contributed by atoms with E-state index in [0.717, 1.165) is 18.1 Å². The van der Waals surface area contributed by atoms with Gasteiger partial charge in [0.25, 0.3) is 5.91 Å². The Hall–Kier alpha value is -2.40. The highest BCUT2D eigenvalue weighted by Gasteiger charge is 2.23. The maximum Gasteiger partial charge on any atom is 0.343 e. The number of hydrogen-bond donors (Lipinski definition) is 1. The van der Waals surface area contributed by atoms with Crippen molar-refractivity contribution in [3.05, 3.63) is 70.5 Å². The lowest BCUT2D eigenvalue weighted by atomic mass is 9.96. The smallest absolute Gasteiger partial charge is 0.343 e. The SMILES string of the molecule is CC[C@@H](CNC(=O)[C@H](C)OC(=O)c1c(F)cccc1Cl)c1ccccc1. The van der Waals surface area contributed by atoms with Crippen LogP contribution in [0.2, 0.25) is 5.02 Å². The average molecular weight is 378 g/mol. The van der Waals surface area contributed by atoms with Crippen LogP contribution in [0.15, 0.2) is 48.5 Å². The molecule has 0 aliphatic heterocycles. The zero-order chi connectivity index (χ0) is 19.1. The quantitative estimate of drug-likeness (QED) is 0.730. The number of benzene rings is 2. The summed E-state index contributed by atoms with van der Waals surface area (Å²) in [5.41, 5.74) is 0.752. The summed E-state index contributed by atoms with van der Waals surface area (Å²) in [6.07, 6.45) is -0.213. The second kappa shape index (κ2) is 9.34. The predicted octanol–water partition coefficient (Wildman–Crippen LogP) is 4.33. The van der Waals surface area contributed by atoms with Crippen molar-refractivity contribution in [2.24, 2.45) is 0 Å². The minimum atomic E-state index is -1.06. The van der Waals surface area contributed by atoms with E-state index in [1.165, 1.54) is 19.1 Å². The highest BCUT2D eigenvalue weighted by molar-refractivity contribution is 6.33. The molecule has 0 heterocycles. The molecule has 2 atom stereocenters. The molecule has 2 aromatic carbocycles. The lowest BCUT2D eigenvalue weighted by molar-refractivity contribution is -0.129. The summed E-state index contributed by atoms with van der Waals surface area (Å²) >= 11 is 5.84. The molecule has 0 fully saturated rings. The third-order valence-electron chi connectivity index (χ3n) is 4.11. The summed E-state index contributed by atoms with van der Waals surface area (Å²) in [6.45, 7) is 3.89. The Labute approximate surface area is 157 Å². The van der Waals surface area contributed by atoms with Crippen LogP contribution in [0.3, 0.4) is 0 Å². The fraction of sp³-hybridized carbons (Fsp3) is 0.300. The van der Waals surface area contributed by atoms with Crippen molar-refractivity contribution in [1.82, 2.24) is 5.32 Å². The molecule has 6 heteroatoms. The molecule has 26 heavy (non-hydrogen) atoms. The monoisotopic (exact) mass is 377 g/mol. The van der Waals surface area contributed by atoms with Crippen molar-refractivity contribution in [3.8, 4) is 0 Å². The van der Waals surface area contributed by atoms with Gasteiger partial charge in [-0.05, 0) is 31.0 Å². The first-order chi connectivity index (χ1) is 12.4. The average Bonchev–Trinajstić information content (AvgIpc) is 2.62. The molecule has 0 aliphatic rings. The van der Waals surface area contributed by atoms with E-state index in [1.807, 2.05) is 37.3 Å². The van der Waals surface area contributed by atoms with E-state index >= 15 is 0 Å². The molecule has 0 saturated carbocycles. The molecule has 1 amide bonds. The molecular formula is C20H21ClFNO3. The molecule has 2 aromatic rings. The van der Waals surface area contributed by atoms with E-state index in [2.05, 4.69) is 5.32 Å². The van der Waals surface area contributed by atoms with E-state index < -0.39 is 23.8 Å². The van der Waals surface area contributed by atoms with Gasteiger partial charge < -0.3 is 10.1 Å². The minimum absolute atomic E-state index is 0.0577. The second-order valence-corrected chi connectivity index (χ2v) is 6.31. The van der Waals surface area contributed by atoms with Crippen LogP contribution in [-0.2, 0) is 9.53 Å². The number of carbonyl (C=O) groups is 2. The Morgan fingerprint density at radius 3 is 2.46 bits per heavy atom. The van der Waals surface area contributed by atoms with Gasteiger partial charge in [-0.25, -0.2) is 9.18 Å². The largest absolute Gasteiger partial charge is 0.449 e. The molecule has 0 aromatic heterocycles. The topological polar surface area (TPSA) is 55.4 Å². The van der Waals surface area contributed by atoms with Crippen molar-refractivity contribution >= 4 is 23.5 Å². The van der Waals surface area contributed by atoms with Crippen LogP contribution in [-0.4, -0.2) is 24.5 Å². The Morgan fingerprint density at radius 1 is 1.15 bits per heavy atom. The van der Waals surface area contributed by atoms with Gasteiger partial charge in [-0.3, -0.25) is 4.79 Å². The Balaban J connectivity index is 1.94. The van der Waals surface area contributed by atoms with Crippen molar-refractivity contribution < 1.29 is 18.7 Å². The first-order valence-corrected chi connectivity index (χ1v) is 8.79. The van der Waals surface area contributed by atoms with Crippen molar-refractivity contribution in [3.63, 3.8) is 0 Å². The predicted molar refractivity (Wildman–Crippen MR) is 98.8 cm³/mol. The molecule has 0 saturated heterocycles. The molecule has 0 aliphatic carbocycles. The highest BCUT2D eigenvalue weighted by atomic mass is 35.5.